The maximum absolute atomic E-state index is 12.4. The zero-order valence-electron chi connectivity index (χ0n) is 8.92. The third-order valence-electron chi connectivity index (χ3n) is 2.51. The number of nitrogens with zero attached hydrogens (tertiary/aromatic N) is 2. The molecule has 0 bridgehead atoms. The lowest BCUT2D eigenvalue weighted by atomic mass is 9.97. The molecule has 7 heteroatoms. The van der Waals surface area contributed by atoms with Crippen molar-refractivity contribution in [2.75, 3.05) is 18.0 Å². The molecule has 1 aliphatic heterocycles. The molecule has 2 heterocycles. The van der Waals surface area contributed by atoms with Crippen LogP contribution in [0.4, 0.5) is 19.0 Å². The smallest absolute Gasteiger partial charge is 0.386 e. The summed E-state index contributed by atoms with van der Waals surface area (Å²) in [6.45, 7) is 2.26. The Balaban J connectivity index is 2.22. The van der Waals surface area contributed by atoms with Gasteiger partial charge in [-0.3, -0.25) is 0 Å². The van der Waals surface area contributed by atoms with Gasteiger partial charge in [0, 0.05) is 19.3 Å². The predicted octanol–water partition coefficient (Wildman–Crippen LogP) is 2.32. The lowest BCUT2D eigenvalue weighted by Gasteiger charge is -2.45. The molecule has 1 N–H and O–H groups in total. The SMILES string of the molecule is CC1(O)CN(c2ncc(C(F)(F)F)cc2Cl)C1. The highest BCUT2D eigenvalue weighted by atomic mass is 35.5. The number of aromatic nitrogens is 1. The minimum absolute atomic E-state index is 0.0599. The van der Waals surface area contributed by atoms with Crippen LogP contribution in [0.25, 0.3) is 0 Å². The second-order valence-corrected chi connectivity index (χ2v) is 4.79. The maximum atomic E-state index is 12.4. The van der Waals surface area contributed by atoms with Crippen LogP contribution in [0.5, 0.6) is 0 Å². The predicted molar refractivity (Wildman–Crippen MR) is 57.1 cm³/mol. The number of halogens is 4. The molecule has 0 radical (unpaired) electrons. The quantitative estimate of drug-likeness (QED) is 0.847. The summed E-state index contributed by atoms with van der Waals surface area (Å²) in [7, 11) is 0. The van der Waals surface area contributed by atoms with E-state index in [0.717, 1.165) is 12.3 Å². The fraction of sp³-hybridized carbons (Fsp3) is 0.500. The van der Waals surface area contributed by atoms with Gasteiger partial charge >= 0.3 is 6.18 Å². The van der Waals surface area contributed by atoms with Crippen LogP contribution in [0.2, 0.25) is 5.02 Å². The van der Waals surface area contributed by atoms with E-state index in [1.165, 1.54) is 0 Å². The molecule has 1 aromatic heterocycles. The molecular formula is C10H10ClF3N2O. The topological polar surface area (TPSA) is 36.4 Å². The third-order valence-corrected chi connectivity index (χ3v) is 2.79. The minimum atomic E-state index is -4.45. The molecule has 17 heavy (non-hydrogen) atoms. The number of hydrogen-bond donors (Lipinski definition) is 1. The number of pyridine rings is 1. The Bertz CT molecular complexity index is 440. The summed E-state index contributed by atoms with van der Waals surface area (Å²) in [5, 5.41) is 9.47. The Morgan fingerprint density at radius 2 is 2.06 bits per heavy atom. The van der Waals surface area contributed by atoms with Gasteiger partial charge in [0.05, 0.1) is 16.2 Å². The Labute approximate surface area is 101 Å². The van der Waals surface area contributed by atoms with Gasteiger partial charge in [-0.1, -0.05) is 11.6 Å². The monoisotopic (exact) mass is 266 g/mol. The largest absolute Gasteiger partial charge is 0.417 e. The number of anilines is 1. The lowest BCUT2D eigenvalue weighted by Crippen LogP contribution is -2.60. The maximum Gasteiger partial charge on any atom is 0.417 e. The molecular weight excluding hydrogens is 257 g/mol. The van der Waals surface area contributed by atoms with Crippen molar-refractivity contribution in [1.82, 2.24) is 4.98 Å². The van der Waals surface area contributed by atoms with Crippen molar-refractivity contribution in [2.24, 2.45) is 0 Å². The van der Waals surface area contributed by atoms with Crippen molar-refractivity contribution in [1.29, 1.82) is 0 Å². The third kappa shape index (κ3) is 2.47. The average Bonchev–Trinajstić information content (AvgIpc) is 2.12. The van der Waals surface area contributed by atoms with Crippen LogP contribution < -0.4 is 4.90 Å². The lowest BCUT2D eigenvalue weighted by molar-refractivity contribution is -0.137. The number of alkyl halides is 3. The van der Waals surface area contributed by atoms with Crippen molar-refractivity contribution in [2.45, 2.75) is 18.7 Å². The van der Waals surface area contributed by atoms with Crippen molar-refractivity contribution in [3.8, 4) is 0 Å². The van der Waals surface area contributed by atoms with E-state index in [4.69, 9.17) is 11.6 Å². The Morgan fingerprint density at radius 1 is 1.47 bits per heavy atom. The number of hydrogen-bond acceptors (Lipinski definition) is 3. The molecule has 1 fully saturated rings. The molecule has 0 saturated carbocycles. The van der Waals surface area contributed by atoms with E-state index < -0.39 is 17.3 Å². The molecule has 0 amide bonds. The van der Waals surface area contributed by atoms with Crippen LogP contribution in [-0.2, 0) is 6.18 Å². The van der Waals surface area contributed by atoms with Gasteiger partial charge in [0.15, 0.2) is 0 Å². The number of rotatable bonds is 1. The fourth-order valence-corrected chi connectivity index (χ4v) is 2.03. The Kier molecular flexibility index (Phi) is 2.74. The first-order valence-corrected chi connectivity index (χ1v) is 5.27. The van der Waals surface area contributed by atoms with E-state index in [1.807, 2.05) is 0 Å². The second kappa shape index (κ2) is 3.74. The molecule has 0 unspecified atom stereocenters. The van der Waals surface area contributed by atoms with Crippen LogP contribution in [0.3, 0.4) is 0 Å². The molecule has 1 saturated heterocycles. The van der Waals surface area contributed by atoms with Gasteiger partial charge in [-0.05, 0) is 13.0 Å². The Morgan fingerprint density at radius 3 is 2.47 bits per heavy atom. The zero-order valence-corrected chi connectivity index (χ0v) is 9.68. The summed E-state index contributed by atoms with van der Waals surface area (Å²) in [4.78, 5) is 5.32. The fourth-order valence-electron chi connectivity index (χ4n) is 1.74. The molecule has 1 aromatic rings. The highest BCUT2D eigenvalue weighted by molar-refractivity contribution is 6.33. The van der Waals surface area contributed by atoms with Gasteiger partial charge in [0.2, 0.25) is 0 Å². The molecule has 0 aliphatic carbocycles. The van der Waals surface area contributed by atoms with Crippen molar-refractivity contribution in [3.63, 3.8) is 0 Å². The summed E-state index contributed by atoms with van der Waals surface area (Å²) < 4.78 is 37.1. The van der Waals surface area contributed by atoms with Crippen LogP contribution in [0.1, 0.15) is 12.5 Å². The van der Waals surface area contributed by atoms with E-state index in [2.05, 4.69) is 4.98 Å². The Hall–Kier alpha value is -1.01. The van der Waals surface area contributed by atoms with Gasteiger partial charge < -0.3 is 10.0 Å². The summed E-state index contributed by atoms with van der Waals surface area (Å²) in [5.41, 5.74) is -1.70. The van der Waals surface area contributed by atoms with E-state index in [0.29, 0.717) is 13.1 Å². The molecule has 0 aromatic carbocycles. The summed E-state index contributed by atoms with van der Waals surface area (Å²) in [5.74, 6) is 0.270. The molecule has 0 spiro atoms. The van der Waals surface area contributed by atoms with E-state index in [1.54, 1.807) is 11.8 Å². The van der Waals surface area contributed by atoms with Crippen molar-refractivity contribution in [3.05, 3.63) is 22.8 Å². The van der Waals surface area contributed by atoms with Gasteiger partial charge in [-0.2, -0.15) is 13.2 Å². The molecule has 2 rings (SSSR count). The summed E-state index contributed by atoms with van der Waals surface area (Å²) in [6, 6.07) is 0.844. The molecule has 0 atom stereocenters. The molecule has 3 nitrogen and oxygen atoms in total. The minimum Gasteiger partial charge on any atom is -0.386 e. The van der Waals surface area contributed by atoms with Gasteiger partial charge in [-0.25, -0.2) is 4.98 Å². The van der Waals surface area contributed by atoms with Crippen molar-refractivity contribution < 1.29 is 18.3 Å². The van der Waals surface area contributed by atoms with Crippen LogP contribution >= 0.6 is 11.6 Å². The summed E-state index contributed by atoms with van der Waals surface area (Å²) >= 11 is 5.75. The average molecular weight is 267 g/mol. The van der Waals surface area contributed by atoms with Crippen LogP contribution in [-0.4, -0.2) is 28.8 Å². The molecule has 94 valence electrons. The van der Waals surface area contributed by atoms with Crippen LogP contribution in [0.15, 0.2) is 12.3 Å². The standard InChI is InChI=1S/C10H10ClF3N2O/c1-9(17)4-16(5-9)8-7(11)2-6(3-15-8)10(12,13)14/h2-3,17H,4-5H2,1H3. The zero-order chi connectivity index (χ0) is 12.8. The van der Waals surface area contributed by atoms with Crippen molar-refractivity contribution >= 4 is 17.4 Å². The highest BCUT2D eigenvalue weighted by Gasteiger charge is 2.39. The van der Waals surface area contributed by atoms with E-state index in [9.17, 15) is 18.3 Å². The van der Waals surface area contributed by atoms with E-state index >= 15 is 0 Å². The normalized spacial score (nSPS) is 19.1. The van der Waals surface area contributed by atoms with Gasteiger partial charge in [0.25, 0.3) is 0 Å². The first kappa shape index (κ1) is 12.4. The number of aliphatic hydroxyl groups is 1. The second-order valence-electron chi connectivity index (χ2n) is 4.38. The first-order chi connectivity index (χ1) is 7.69. The van der Waals surface area contributed by atoms with Gasteiger partial charge in [-0.15, -0.1) is 0 Å². The summed E-state index contributed by atoms with van der Waals surface area (Å²) in [6.07, 6.45) is -3.70. The molecule has 1 aliphatic rings. The number of β-amino-alcohol motifs (C(OH)–C–C–N with tert-alkyl or cyclic N) is 1. The first-order valence-electron chi connectivity index (χ1n) is 4.89. The van der Waals surface area contributed by atoms with Crippen LogP contribution in [0, 0.1) is 0 Å². The van der Waals surface area contributed by atoms with Gasteiger partial charge in [0.1, 0.15) is 5.82 Å². The van der Waals surface area contributed by atoms with E-state index in [-0.39, 0.29) is 10.8 Å². The highest BCUT2D eigenvalue weighted by Crippen LogP contribution is 2.35.